The number of rotatable bonds is 24. The van der Waals surface area contributed by atoms with Crippen LogP contribution in [0, 0.1) is 23.4 Å². The standard InChI is InChI=1S/C91H115F3N18O21S/c1-7-8-25-68-90(132)112-45-56(115)39-71(112)86(128)104-64(41-76(119)120)83(125)107-78(48(2)3)91(133)109(5)69(35-49-18-11-9-12-19-49)84(126)105-66(40-73(96)116)88(130)111-44-55(114)38-70(111)85(127)103-63(37-53-42-98-60-23-16-15-22-57(53)60)82(124)102-62(33-51-26-28-54(113)29-27-51)81(123)101-61(24-17-30-95)80(122)106-67(79(121)99-43-74(97)117)46-134-47-75(118)100-65(34-52-31-58(92)77(94)59(93)32-52)87(129)110(6)72(89(131)108(68)4)36-50-20-13-10-14-21-50/h9-16,18-23,26-29,31-32,42,48,55-56,61-72,78,98,113-115H,7-8,17,24-25,30,33-41,43-47,95H2,1-6H3,(H2,96,116)(H2,97,117)(H,99,121)(H,100,118)(H,101,123)(H,102,124)(H,103,127)(H,104,128)(H,105,126)(H,106,122)(H,107,125)(H,119,120)/t55-,56-,61+,62+,63+,64+,65+,66+,67+,68+,69+,70+,71-,72+,78+/m1/s1. The second kappa shape index (κ2) is 48.7. The summed E-state index contributed by atoms with van der Waals surface area (Å²) in [5.41, 5.74) is 18.9. The number of carbonyl (C=O) groups is 17. The highest BCUT2D eigenvalue weighted by atomic mass is 32.2. The maximum absolute atomic E-state index is 15.7. The number of para-hydroxylation sites is 1. The van der Waals surface area contributed by atoms with E-state index in [9.17, 15) is 63.2 Å². The zero-order valence-electron chi connectivity index (χ0n) is 74.7. The number of likely N-dealkylation sites (N-methyl/N-ethyl adjacent to an activating group) is 3. The number of phenolic OH excluding ortho intramolecular Hbond substituents is 1. The molecular weight excluding hydrogens is 1770 g/mol. The number of nitrogens with one attached hydrogen (secondary N) is 10. The second-order valence-electron chi connectivity index (χ2n) is 33.8. The van der Waals surface area contributed by atoms with Crippen LogP contribution < -0.4 is 65.1 Å². The van der Waals surface area contributed by atoms with Gasteiger partial charge in [-0.15, -0.1) is 11.8 Å². The highest BCUT2D eigenvalue weighted by molar-refractivity contribution is 8.00. The van der Waals surface area contributed by atoms with Crippen molar-refractivity contribution in [3.63, 3.8) is 0 Å². The average Bonchev–Trinajstić information content (AvgIpc) is 1.56. The van der Waals surface area contributed by atoms with E-state index in [1.54, 1.807) is 98.0 Å². The number of carbonyl (C=O) groups excluding carboxylic acids is 16. The van der Waals surface area contributed by atoms with E-state index in [1.807, 2.05) is 0 Å². The van der Waals surface area contributed by atoms with Crippen LogP contribution in [-0.4, -0.2) is 300 Å². The Kier molecular flexibility index (Phi) is 37.9. The number of nitrogens with zero attached hydrogens (tertiary/aromatic N) is 5. The topological polar surface area (TPSA) is 589 Å². The van der Waals surface area contributed by atoms with Crippen molar-refractivity contribution in [2.45, 2.75) is 201 Å². The summed E-state index contributed by atoms with van der Waals surface area (Å²) in [6.07, 6.45) is -6.78. The van der Waals surface area contributed by atoms with Crippen LogP contribution in [0.2, 0.25) is 0 Å². The van der Waals surface area contributed by atoms with Gasteiger partial charge in [0.1, 0.15) is 84.3 Å². The molecule has 4 heterocycles. The molecule has 0 saturated carbocycles. The summed E-state index contributed by atoms with van der Waals surface area (Å²) in [5.74, 6) is -27.0. The number of aliphatic hydroxyl groups is 2. The number of amides is 16. The molecule has 43 heteroatoms. The molecule has 134 heavy (non-hydrogen) atoms. The molecule has 15 atom stereocenters. The van der Waals surface area contributed by atoms with Crippen molar-refractivity contribution >= 4 is 123 Å². The first-order chi connectivity index (χ1) is 63.6. The summed E-state index contributed by atoms with van der Waals surface area (Å²) in [5, 5.41) is 66.8. The van der Waals surface area contributed by atoms with Gasteiger partial charge in [0.05, 0.1) is 37.3 Å². The van der Waals surface area contributed by atoms with Gasteiger partial charge in [-0.3, -0.25) is 81.5 Å². The van der Waals surface area contributed by atoms with Gasteiger partial charge in [-0.05, 0) is 89.9 Å². The molecule has 6 aromatic rings. The smallest absolute Gasteiger partial charge is 0.305 e. The van der Waals surface area contributed by atoms with Crippen molar-refractivity contribution in [2.24, 2.45) is 23.1 Å². The molecule has 722 valence electrons. The Bertz CT molecular complexity index is 5240. The number of benzene rings is 5. The number of aliphatic carboxylic acids is 1. The normalized spacial score (nSPS) is 24.6. The number of hydrogen-bond donors (Lipinski definition) is 17. The van der Waals surface area contributed by atoms with E-state index in [1.165, 1.54) is 45.2 Å². The third-order valence-corrected chi connectivity index (χ3v) is 24.5. The molecule has 0 bridgehead atoms. The van der Waals surface area contributed by atoms with Gasteiger partial charge >= 0.3 is 5.97 Å². The number of carboxylic acid groups (broad SMARTS) is 1. The van der Waals surface area contributed by atoms with Gasteiger partial charge in [0.15, 0.2) is 17.5 Å². The number of halogens is 3. The molecule has 9 rings (SSSR count). The molecule has 0 spiro atoms. The first kappa shape index (κ1) is 104. The first-order valence-corrected chi connectivity index (χ1v) is 44.9. The molecule has 39 nitrogen and oxygen atoms in total. The van der Waals surface area contributed by atoms with Crippen molar-refractivity contribution in [3.8, 4) is 5.75 Å². The molecule has 0 radical (unpaired) electrons. The van der Waals surface area contributed by atoms with E-state index in [0.29, 0.717) is 63.5 Å². The molecule has 0 aliphatic carbocycles. The van der Waals surface area contributed by atoms with Crippen LogP contribution in [0.4, 0.5) is 13.2 Å². The molecule has 5 aromatic carbocycles. The highest BCUT2D eigenvalue weighted by Crippen LogP contribution is 2.29. The fraction of sp³-hybridized carbons (Fsp3) is 0.462. The first-order valence-electron chi connectivity index (χ1n) is 43.7. The summed E-state index contributed by atoms with van der Waals surface area (Å²) in [6, 6.07) is 6.43. The quantitative estimate of drug-likeness (QED) is 0.0303. The maximum Gasteiger partial charge on any atom is 0.305 e. The number of nitrogens with two attached hydrogens (primary N) is 3. The lowest BCUT2D eigenvalue weighted by Crippen LogP contribution is -2.62. The van der Waals surface area contributed by atoms with E-state index >= 15 is 51.9 Å². The summed E-state index contributed by atoms with van der Waals surface area (Å²) in [6.45, 7) is 2.59. The molecule has 3 saturated heterocycles. The number of thioether (sulfide) groups is 1. The number of fused-ring (bicyclic) bond motifs is 3. The molecule has 0 unspecified atom stereocenters. The molecule has 3 aliphatic rings. The number of aromatic amines is 1. The monoisotopic (exact) mass is 1880 g/mol. The number of primary amides is 2. The largest absolute Gasteiger partial charge is 0.508 e. The van der Waals surface area contributed by atoms with Gasteiger partial charge in [0.2, 0.25) is 94.5 Å². The number of aromatic hydroxyl groups is 1. The lowest BCUT2D eigenvalue weighted by molar-refractivity contribution is -0.152. The number of phenols is 1. The number of hydrogen-bond acceptors (Lipinski definition) is 22. The molecule has 1 aromatic heterocycles. The third kappa shape index (κ3) is 28.5. The van der Waals surface area contributed by atoms with E-state index in [-0.39, 0.29) is 57.2 Å². The Morgan fingerprint density at radius 2 is 1.01 bits per heavy atom. The summed E-state index contributed by atoms with van der Waals surface area (Å²) >= 11 is 0.625. The summed E-state index contributed by atoms with van der Waals surface area (Å²) < 4.78 is 45.1. The van der Waals surface area contributed by atoms with Gasteiger partial charge in [-0.1, -0.05) is 125 Å². The van der Waals surface area contributed by atoms with Crippen LogP contribution in [0.15, 0.2) is 128 Å². The summed E-state index contributed by atoms with van der Waals surface area (Å²) in [7, 11) is 3.53. The lowest BCUT2D eigenvalue weighted by atomic mass is 9.98. The van der Waals surface area contributed by atoms with Crippen molar-refractivity contribution < 1.29 is 115 Å². The Morgan fingerprint density at radius 1 is 0.507 bits per heavy atom. The number of unbranched alkanes of at least 4 members (excludes halogenated alkanes) is 1. The zero-order valence-corrected chi connectivity index (χ0v) is 75.6. The molecule has 3 fully saturated rings. The molecule has 16 amide bonds. The SMILES string of the molecule is CCCC[C@H]1C(=O)N2C[C@H](O)C[C@@H]2C(=O)N[C@@H](CC(=O)O)C(=O)N[C@@H](C(C)C)C(=O)N(C)[C@@H](Cc2ccccc2)C(=O)N[C@@H](CC(N)=O)C(=O)N2C[C@H](O)C[C@H]2C(=O)N[C@@H](Cc2c[nH]c3ccccc23)C(=O)N[C@@H](Cc2ccc(O)cc2)C(=O)N[C@@H](CCCN)C(=O)N[C@H](C(=O)NCC(N)=O)CSCC(=O)N[C@@H](Cc2cc(F)c(F)c(F)c2)C(=O)N(C)[C@@H](Cc2ccccc2)C(=O)N1C. The number of H-pyrrole nitrogens is 1. The predicted molar refractivity (Wildman–Crippen MR) is 480 cm³/mol. The number of aliphatic hydroxyl groups excluding tert-OH is 2. The van der Waals surface area contributed by atoms with Gasteiger partial charge < -0.3 is 115 Å². The van der Waals surface area contributed by atoms with Gasteiger partial charge in [-0.25, -0.2) is 13.2 Å². The Balaban J connectivity index is 1.14. The fourth-order valence-electron chi connectivity index (χ4n) is 16.2. The third-order valence-electron chi connectivity index (χ3n) is 23.5. The fourth-order valence-corrected chi connectivity index (χ4v) is 17.1. The average molecular weight is 1890 g/mol. The Morgan fingerprint density at radius 3 is 1.59 bits per heavy atom. The van der Waals surface area contributed by atoms with Gasteiger partial charge in [0.25, 0.3) is 0 Å². The minimum Gasteiger partial charge on any atom is -0.508 e. The summed E-state index contributed by atoms with van der Waals surface area (Å²) in [4.78, 5) is 258. The van der Waals surface area contributed by atoms with Crippen LogP contribution in [0.1, 0.15) is 106 Å². The zero-order chi connectivity index (χ0) is 98.1. The Labute approximate surface area is 773 Å². The van der Waals surface area contributed by atoms with Crippen molar-refractivity contribution in [1.82, 2.24) is 77.3 Å². The van der Waals surface area contributed by atoms with E-state index < -0.39 is 290 Å². The van der Waals surface area contributed by atoms with Crippen molar-refractivity contribution in [2.75, 3.05) is 58.8 Å². The molecule has 3 aliphatic heterocycles. The Hall–Kier alpha value is -13.6. The van der Waals surface area contributed by atoms with E-state index in [4.69, 9.17) is 17.2 Å². The van der Waals surface area contributed by atoms with Gasteiger partial charge in [0, 0.05) is 102 Å². The molecule has 20 N–H and O–H groups in total. The minimum absolute atomic E-state index is 0.00578. The van der Waals surface area contributed by atoms with Crippen LogP contribution in [0.25, 0.3) is 10.9 Å². The van der Waals surface area contributed by atoms with Crippen molar-refractivity contribution in [3.05, 3.63) is 173 Å². The second-order valence-corrected chi connectivity index (χ2v) is 34.9. The van der Waals surface area contributed by atoms with Crippen LogP contribution in [-0.2, 0) is 114 Å². The highest BCUT2D eigenvalue weighted by Gasteiger charge is 2.49. The number of carboxylic acids is 1. The van der Waals surface area contributed by atoms with E-state index in [0.717, 1.165) is 38.6 Å². The van der Waals surface area contributed by atoms with Crippen molar-refractivity contribution in [1.29, 1.82) is 0 Å². The number of aromatic nitrogens is 1. The molecular formula is C91H115F3N18O21S. The van der Waals surface area contributed by atoms with Crippen LogP contribution in [0.3, 0.4) is 0 Å². The van der Waals surface area contributed by atoms with Crippen LogP contribution >= 0.6 is 11.8 Å². The maximum atomic E-state index is 15.7. The minimum atomic E-state index is -2.08. The van der Waals surface area contributed by atoms with Gasteiger partial charge in [-0.2, -0.15) is 0 Å². The predicted octanol–water partition coefficient (Wildman–Crippen LogP) is -1.63. The van der Waals surface area contributed by atoms with E-state index in [2.05, 4.69) is 52.8 Å². The van der Waals surface area contributed by atoms with Crippen LogP contribution in [0.5, 0.6) is 5.75 Å². The lowest BCUT2D eigenvalue weighted by Gasteiger charge is -2.38.